The highest BCUT2D eigenvalue weighted by Gasteiger charge is 1.59. The molecule has 0 aliphatic rings. The third-order valence-electron chi connectivity index (χ3n) is 1.33. The van der Waals surface area contributed by atoms with Crippen LogP contribution in [0.5, 0.6) is 0 Å². The molecule has 126 valence electrons. The molecule has 0 fully saturated rings. The first kappa shape index (κ1) is 25.3. The highest BCUT2D eigenvalue weighted by atomic mass is 16.4. The smallest absolute Gasteiger partial charge is 0.0351 e. The second-order valence-electron chi connectivity index (χ2n) is 4.77. The normalized spacial score (nSPS) is 7.64. The lowest BCUT2D eigenvalue weighted by Crippen LogP contribution is -1.99. The number of benzene rings is 2. The van der Waals surface area contributed by atoms with E-state index in [1.807, 2.05) is 98.8 Å². The van der Waals surface area contributed by atoms with E-state index in [0.717, 1.165) is 0 Å². The minimum Gasteiger partial charge on any atom is -0.388 e. The number of hydrogen-bond acceptors (Lipinski definition) is 2. The van der Waals surface area contributed by atoms with Crippen LogP contribution in [0, 0.1) is 0 Å². The third kappa shape index (κ3) is 51.6. The molecule has 0 heterocycles. The van der Waals surface area contributed by atoms with Crippen molar-refractivity contribution in [2.45, 2.75) is 20.3 Å². The molecule has 0 N–H and O–H groups in total. The molecule has 0 saturated heterocycles. The number of hydrogen-bond donors (Lipinski definition) is 0. The van der Waals surface area contributed by atoms with Gasteiger partial charge in [0, 0.05) is 14.2 Å². The van der Waals surface area contributed by atoms with Crippen molar-refractivity contribution in [3.63, 3.8) is 0 Å². The SMILES string of the molecule is CCC.CN(C)C.COC.c1ccccc1.c1ccccc1. The van der Waals surface area contributed by atoms with Gasteiger partial charge in [-0.25, -0.2) is 0 Å². The fourth-order valence-electron chi connectivity index (χ4n) is 0.770. The summed E-state index contributed by atoms with van der Waals surface area (Å²) < 4.78 is 4.25. The van der Waals surface area contributed by atoms with E-state index >= 15 is 0 Å². The van der Waals surface area contributed by atoms with Crippen LogP contribution in [0.15, 0.2) is 72.8 Å². The maximum absolute atomic E-state index is 4.25. The lowest BCUT2D eigenvalue weighted by Gasteiger charge is -1.90. The topological polar surface area (TPSA) is 12.5 Å². The van der Waals surface area contributed by atoms with Crippen molar-refractivity contribution >= 4 is 0 Å². The molecule has 2 aromatic rings. The summed E-state index contributed by atoms with van der Waals surface area (Å²) in [6.45, 7) is 4.25. The molecular weight excluding hydrogens is 270 g/mol. The quantitative estimate of drug-likeness (QED) is 0.661. The molecule has 2 nitrogen and oxygen atoms in total. The van der Waals surface area contributed by atoms with Gasteiger partial charge in [-0.15, -0.1) is 0 Å². The molecule has 2 rings (SSSR count). The molecule has 0 saturated carbocycles. The summed E-state index contributed by atoms with van der Waals surface area (Å²) in [4.78, 5) is 2.00. The average Bonchev–Trinajstić information content (AvgIpc) is 2.52. The van der Waals surface area contributed by atoms with Gasteiger partial charge in [-0.2, -0.15) is 0 Å². The average molecular weight is 306 g/mol. The van der Waals surface area contributed by atoms with Crippen LogP contribution in [0.1, 0.15) is 20.3 Å². The Morgan fingerprint density at radius 1 is 0.545 bits per heavy atom. The molecule has 0 amide bonds. The van der Waals surface area contributed by atoms with Crippen LogP contribution in [-0.2, 0) is 4.74 Å². The minimum absolute atomic E-state index is 1.25. The molecule has 0 aliphatic carbocycles. The predicted octanol–water partition coefficient (Wildman–Crippen LogP) is 5.23. The van der Waals surface area contributed by atoms with Gasteiger partial charge in [0.15, 0.2) is 0 Å². The molecule has 2 aromatic carbocycles. The van der Waals surface area contributed by atoms with Crippen molar-refractivity contribution in [2.24, 2.45) is 0 Å². The molecule has 0 unspecified atom stereocenters. The maximum Gasteiger partial charge on any atom is 0.0351 e. The fourth-order valence-corrected chi connectivity index (χ4v) is 0.770. The number of ether oxygens (including phenoxy) is 1. The third-order valence-corrected chi connectivity index (χ3v) is 1.33. The molecule has 2 heteroatoms. The van der Waals surface area contributed by atoms with E-state index in [9.17, 15) is 0 Å². The lowest BCUT2D eigenvalue weighted by atomic mass is 10.4. The highest BCUT2D eigenvalue weighted by Crippen LogP contribution is 1.80. The van der Waals surface area contributed by atoms with Gasteiger partial charge in [0.1, 0.15) is 0 Å². The van der Waals surface area contributed by atoms with E-state index in [-0.39, 0.29) is 0 Å². The first-order valence-electron chi connectivity index (χ1n) is 7.57. The monoisotopic (exact) mass is 305 g/mol. The van der Waals surface area contributed by atoms with E-state index in [4.69, 9.17) is 0 Å². The van der Waals surface area contributed by atoms with Crippen molar-refractivity contribution in [3.05, 3.63) is 72.8 Å². The van der Waals surface area contributed by atoms with Gasteiger partial charge >= 0.3 is 0 Å². The van der Waals surface area contributed by atoms with Crippen LogP contribution in [-0.4, -0.2) is 40.3 Å². The summed E-state index contributed by atoms with van der Waals surface area (Å²) in [5.74, 6) is 0. The van der Waals surface area contributed by atoms with E-state index in [1.54, 1.807) is 14.2 Å². The first-order chi connectivity index (χ1) is 10.6. The lowest BCUT2D eigenvalue weighted by molar-refractivity contribution is 0.277. The van der Waals surface area contributed by atoms with Crippen LogP contribution in [0.4, 0.5) is 0 Å². The van der Waals surface area contributed by atoms with Crippen molar-refractivity contribution < 1.29 is 4.74 Å². The molecule has 0 bridgehead atoms. The van der Waals surface area contributed by atoms with Crippen molar-refractivity contribution in [1.29, 1.82) is 0 Å². The van der Waals surface area contributed by atoms with Crippen molar-refractivity contribution in [1.82, 2.24) is 4.90 Å². The van der Waals surface area contributed by atoms with Gasteiger partial charge in [0.25, 0.3) is 0 Å². The van der Waals surface area contributed by atoms with Gasteiger partial charge in [-0.3, -0.25) is 0 Å². The minimum atomic E-state index is 1.25. The van der Waals surface area contributed by atoms with Crippen LogP contribution in [0.2, 0.25) is 0 Å². The van der Waals surface area contributed by atoms with Gasteiger partial charge in [-0.1, -0.05) is 93.1 Å². The summed E-state index contributed by atoms with van der Waals surface area (Å²) in [5, 5.41) is 0. The fraction of sp³-hybridized carbons (Fsp3) is 0.400. The summed E-state index contributed by atoms with van der Waals surface area (Å²) in [6.07, 6.45) is 1.25. The predicted molar refractivity (Wildman–Crippen MR) is 101 cm³/mol. The molecule has 0 radical (unpaired) electrons. The van der Waals surface area contributed by atoms with Crippen LogP contribution in [0.25, 0.3) is 0 Å². The Labute approximate surface area is 138 Å². The highest BCUT2D eigenvalue weighted by molar-refractivity contribution is 4.99. The molecule has 22 heavy (non-hydrogen) atoms. The largest absolute Gasteiger partial charge is 0.388 e. The standard InChI is InChI=1S/2C6H6.C3H9N.C3H8.C2H6O/c2*1-2-4-6-5-3-1;1-4(2)3;2*1-3-2/h2*1-6H;1-3H3;3H2,1-2H3;1-2H3. The molecular formula is C20H35NO. The Morgan fingerprint density at radius 2 is 0.591 bits per heavy atom. The van der Waals surface area contributed by atoms with Gasteiger partial charge in [0.2, 0.25) is 0 Å². The Kier molecular flexibility index (Phi) is 31.8. The Hall–Kier alpha value is -1.64. The Bertz CT molecular complexity index is 246. The van der Waals surface area contributed by atoms with E-state index < -0.39 is 0 Å². The van der Waals surface area contributed by atoms with Crippen LogP contribution in [0.3, 0.4) is 0 Å². The Morgan fingerprint density at radius 3 is 0.636 bits per heavy atom. The number of nitrogens with zero attached hydrogens (tertiary/aromatic N) is 1. The van der Waals surface area contributed by atoms with E-state index in [2.05, 4.69) is 18.6 Å². The van der Waals surface area contributed by atoms with Crippen LogP contribution < -0.4 is 0 Å². The zero-order valence-corrected chi connectivity index (χ0v) is 15.5. The van der Waals surface area contributed by atoms with Gasteiger partial charge in [0.05, 0.1) is 0 Å². The summed E-state index contributed by atoms with van der Waals surface area (Å²) in [6, 6.07) is 24.0. The molecule has 0 aliphatic heterocycles. The number of methoxy groups -OCH3 is 1. The Balaban J connectivity index is -0.000000214. The second kappa shape index (κ2) is 27.7. The van der Waals surface area contributed by atoms with Crippen molar-refractivity contribution in [2.75, 3.05) is 35.4 Å². The zero-order valence-electron chi connectivity index (χ0n) is 15.5. The van der Waals surface area contributed by atoms with E-state index in [1.165, 1.54) is 6.42 Å². The van der Waals surface area contributed by atoms with Crippen LogP contribution >= 0.6 is 0 Å². The van der Waals surface area contributed by atoms with E-state index in [0.29, 0.717) is 0 Å². The molecule has 0 atom stereocenters. The van der Waals surface area contributed by atoms with Gasteiger partial charge < -0.3 is 9.64 Å². The molecule has 0 spiro atoms. The zero-order chi connectivity index (χ0) is 17.5. The second-order valence-corrected chi connectivity index (χ2v) is 4.77. The maximum atomic E-state index is 4.25. The summed E-state index contributed by atoms with van der Waals surface area (Å²) in [5.41, 5.74) is 0. The summed E-state index contributed by atoms with van der Waals surface area (Å²) in [7, 11) is 9.25. The van der Waals surface area contributed by atoms with Gasteiger partial charge in [-0.05, 0) is 21.1 Å². The summed E-state index contributed by atoms with van der Waals surface area (Å²) >= 11 is 0. The first-order valence-corrected chi connectivity index (χ1v) is 7.57. The number of rotatable bonds is 0. The molecule has 0 aromatic heterocycles. The van der Waals surface area contributed by atoms with Crippen molar-refractivity contribution in [3.8, 4) is 0 Å².